The van der Waals surface area contributed by atoms with Crippen LogP contribution in [-0.4, -0.2) is 48.8 Å². The fourth-order valence-corrected chi connectivity index (χ4v) is 1.87. The zero-order valence-electron chi connectivity index (χ0n) is 9.65. The number of carbonyl (C=O) groups excluding carboxylic acids is 3. The zero-order valence-corrected chi connectivity index (χ0v) is 9.65. The van der Waals surface area contributed by atoms with Crippen molar-refractivity contribution in [2.24, 2.45) is 17.4 Å². The summed E-state index contributed by atoms with van der Waals surface area (Å²) >= 11 is 0. The molecule has 3 amide bonds. The Kier molecular flexibility index (Phi) is 4.89. The lowest BCUT2D eigenvalue weighted by atomic mass is 10.0. The SMILES string of the molecule is NC(=O)CN(CC(N)=O)C(=O)CC1CCNC1. The summed E-state index contributed by atoms with van der Waals surface area (Å²) in [5, 5.41) is 3.14. The minimum Gasteiger partial charge on any atom is -0.368 e. The smallest absolute Gasteiger partial charge is 0.237 e. The Morgan fingerprint density at radius 2 is 1.76 bits per heavy atom. The molecule has 0 bridgehead atoms. The fraction of sp³-hybridized carbons (Fsp3) is 0.700. The zero-order chi connectivity index (χ0) is 12.8. The molecule has 5 N–H and O–H groups in total. The van der Waals surface area contributed by atoms with E-state index in [0.29, 0.717) is 6.42 Å². The lowest BCUT2D eigenvalue weighted by Gasteiger charge is -2.21. The lowest BCUT2D eigenvalue weighted by Crippen LogP contribution is -2.43. The molecule has 1 atom stereocenters. The first-order valence-corrected chi connectivity index (χ1v) is 5.54. The molecule has 17 heavy (non-hydrogen) atoms. The topological polar surface area (TPSA) is 119 Å². The molecule has 1 heterocycles. The summed E-state index contributed by atoms with van der Waals surface area (Å²) in [6.07, 6.45) is 1.24. The Labute approximate surface area is 99.5 Å². The third-order valence-corrected chi connectivity index (χ3v) is 2.67. The standard InChI is InChI=1S/C10H18N4O3/c11-8(15)5-14(6-9(12)16)10(17)3-7-1-2-13-4-7/h7,13H,1-6H2,(H2,11,15)(H2,12,16). The molecule has 7 heteroatoms. The fourth-order valence-electron chi connectivity index (χ4n) is 1.87. The summed E-state index contributed by atoms with van der Waals surface area (Å²) in [5.74, 6) is -1.30. The highest BCUT2D eigenvalue weighted by Gasteiger charge is 2.23. The summed E-state index contributed by atoms with van der Waals surface area (Å²) in [5.41, 5.74) is 10.0. The van der Waals surface area contributed by atoms with Crippen LogP contribution in [0.25, 0.3) is 0 Å². The number of primary amides is 2. The predicted octanol–water partition coefficient (Wildman–Crippen LogP) is -2.21. The molecular weight excluding hydrogens is 224 g/mol. The molecule has 0 aromatic rings. The molecule has 7 nitrogen and oxygen atoms in total. The third kappa shape index (κ3) is 4.81. The maximum Gasteiger partial charge on any atom is 0.237 e. The van der Waals surface area contributed by atoms with Crippen LogP contribution in [0.1, 0.15) is 12.8 Å². The summed E-state index contributed by atoms with van der Waals surface area (Å²) in [6.45, 7) is 1.15. The van der Waals surface area contributed by atoms with Gasteiger partial charge in [-0.05, 0) is 25.4 Å². The first-order valence-electron chi connectivity index (χ1n) is 5.54. The summed E-state index contributed by atoms with van der Waals surface area (Å²) in [4.78, 5) is 34.6. The maximum atomic E-state index is 11.9. The van der Waals surface area contributed by atoms with E-state index in [1.54, 1.807) is 0 Å². The van der Waals surface area contributed by atoms with E-state index >= 15 is 0 Å². The second-order valence-corrected chi connectivity index (χ2v) is 4.25. The van der Waals surface area contributed by atoms with Crippen molar-refractivity contribution in [2.45, 2.75) is 12.8 Å². The number of amides is 3. The van der Waals surface area contributed by atoms with E-state index in [1.807, 2.05) is 0 Å². The molecule has 0 radical (unpaired) electrons. The summed E-state index contributed by atoms with van der Waals surface area (Å²) < 4.78 is 0. The van der Waals surface area contributed by atoms with Crippen molar-refractivity contribution in [2.75, 3.05) is 26.2 Å². The minimum absolute atomic E-state index is 0.253. The number of nitrogens with zero attached hydrogens (tertiary/aromatic N) is 1. The molecule has 0 aromatic heterocycles. The van der Waals surface area contributed by atoms with Gasteiger partial charge in [-0.25, -0.2) is 0 Å². The summed E-state index contributed by atoms with van der Waals surface area (Å²) in [6, 6.07) is 0. The van der Waals surface area contributed by atoms with E-state index in [-0.39, 0.29) is 24.9 Å². The van der Waals surface area contributed by atoms with E-state index in [4.69, 9.17) is 11.5 Å². The third-order valence-electron chi connectivity index (χ3n) is 2.67. The van der Waals surface area contributed by atoms with E-state index in [1.165, 1.54) is 0 Å². The molecular formula is C10H18N4O3. The van der Waals surface area contributed by atoms with Crippen LogP contribution in [0.3, 0.4) is 0 Å². The van der Waals surface area contributed by atoms with Crippen LogP contribution in [0.4, 0.5) is 0 Å². The van der Waals surface area contributed by atoms with Gasteiger partial charge in [-0.15, -0.1) is 0 Å². The van der Waals surface area contributed by atoms with Crippen molar-refractivity contribution in [1.29, 1.82) is 0 Å². The van der Waals surface area contributed by atoms with Gasteiger partial charge < -0.3 is 21.7 Å². The first-order chi connectivity index (χ1) is 7.99. The molecule has 1 aliphatic heterocycles. The van der Waals surface area contributed by atoms with Crippen LogP contribution in [0.5, 0.6) is 0 Å². The Hall–Kier alpha value is -1.63. The highest BCUT2D eigenvalue weighted by molar-refractivity contribution is 5.88. The molecule has 96 valence electrons. The average Bonchev–Trinajstić information content (AvgIpc) is 2.67. The van der Waals surface area contributed by atoms with Gasteiger partial charge in [0.25, 0.3) is 0 Å². The molecule has 1 aliphatic rings. The predicted molar refractivity (Wildman–Crippen MR) is 60.6 cm³/mol. The van der Waals surface area contributed by atoms with Crippen LogP contribution in [0.15, 0.2) is 0 Å². The lowest BCUT2D eigenvalue weighted by molar-refractivity contribution is -0.138. The molecule has 1 unspecified atom stereocenters. The summed E-state index contributed by atoms with van der Waals surface area (Å²) in [7, 11) is 0. The highest BCUT2D eigenvalue weighted by Crippen LogP contribution is 2.13. The van der Waals surface area contributed by atoms with Gasteiger partial charge in [0.05, 0.1) is 13.1 Å². The van der Waals surface area contributed by atoms with Crippen molar-refractivity contribution in [3.63, 3.8) is 0 Å². The normalized spacial score (nSPS) is 18.9. The van der Waals surface area contributed by atoms with Gasteiger partial charge in [-0.3, -0.25) is 14.4 Å². The van der Waals surface area contributed by atoms with Crippen molar-refractivity contribution >= 4 is 17.7 Å². The van der Waals surface area contributed by atoms with Crippen LogP contribution in [0.2, 0.25) is 0 Å². The van der Waals surface area contributed by atoms with Crippen LogP contribution >= 0.6 is 0 Å². The molecule has 0 spiro atoms. The first kappa shape index (κ1) is 13.4. The van der Waals surface area contributed by atoms with Crippen LogP contribution in [-0.2, 0) is 14.4 Å². The number of carbonyl (C=O) groups is 3. The second kappa shape index (κ2) is 6.19. The van der Waals surface area contributed by atoms with Crippen LogP contribution in [0, 0.1) is 5.92 Å². The highest BCUT2D eigenvalue weighted by atomic mass is 16.2. The largest absolute Gasteiger partial charge is 0.368 e. The monoisotopic (exact) mass is 242 g/mol. The average molecular weight is 242 g/mol. The molecule has 0 saturated carbocycles. The number of nitrogens with two attached hydrogens (primary N) is 2. The molecule has 0 aliphatic carbocycles. The van der Waals surface area contributed by atoms with Gasteiger partial charge in [0, 0.05) is 6.42 Å². The number of nitrogens with one attached hydrogen (secondary N) is 1. The van der Waals surface area contributed by atoms with Gasteiger partial charge >= 0.3 is 0 Å². The quantitative estimate of drug-likeness (QED) is 0.489. The Morgan fingerprint density at radius 3 is 2.18 bits per heavy atom. The van der Waals surface area contributed by atoms with E-state index in [9.17, 15) is 14.4 Å². The number of hydrogen-bond donors (Lipinski definition) is 3. The van der Waals surface area contributed by atoms with Crippen LogP contribution < -0.4 is 16.8 Å². The minimum atomic E-state index is -0.649. The van der Waals surface area contributed by atoms with Gasteiger partial charge in [-0.1, -0.05) is 0 Å². The van der Waals surface area contributed by atoms with E-state index in [0.717, 1.165) is 24.4 Å². The van der Waals surface area contributed by atoms with Crippen molar-refractivity contribution in [3.8, 4) is 0 Å². The Morgan fingerprint density at radius 1 is 1.18 bits per heavy atom. The van der Waals surface area contributed by atoms with Gasteiger partial charge in [0.15, 0.2) is 0 Å². The Bertz CT molecular complexity index is 297. The van der Waals surface area contributed by atoms with E-state index in [2.05, 4.69) is 5.32 Å². The molecule has 0 aromatic carbocycles. The molecule has 1 saturated heterocycles. The van der Waals surface area contributed by atoms with Crippen molar-refractivity contribution < 1.29 is 14.4 Å². The van der Waals surface area contributed by atoms with E-state index < -0.39 is 11.8 Å². The van der Waals surface area contributed by atoms with Gasteiger partial charge in [0.2, 0.25) is 17.7 Å². The Balaban J connectivity index is 2.51. The van der Waals surface area contributed by atoms with Gasteiger partial charge in [0.1, 0.15) is 0 Å². The van der Waals surface area contributed by atoms with Gasteiger partial charge in [-0.2, -0.15) is 0 Å². The second-order valence-electron chi connectivity index (χ2n) is 4.25. The molecule has 1 fully saturated rings. The number of rotatable bonds is 6. The number of hydrogen-bond acceptors (Lipinski definition) is 4. The van der Waals surface area contributed by atoms with Crippen molar-refractivity contribution in [3.05, 3.63) is 0 Å². The molecule has 1 rings (SSSR count). The van der Waals surface area contributed by atoms with Crippen molar-refractivity contribution in [1.82, 2.24) is 10.2 Å². The maximum absolute atomic E-state index is 11.9.